The minimum Gasteiger partial charge on any atom is -0.452 e. The van der Waals surface area contributed by atoms with E-state index in [0.29, 0.717) is 0 Å². The Morgan fingerprint density at radius 3 is 2.60 bits per heavy atom. The fourth-order valence-electron chi connectivity index (χ4n) is 1.86. The van der Waals surface area contributed by atoms with Gasteiger partial charge >= 0.3 is 6.09 Å². The van der Waals surface area contributed by atoms with Crippen LogP contribution in [0.15, 0.2) is 24.3 Å². The van der Waals surface area contributed by atoms with Gasteiger partial charge in [-0.15, -0.1) is 0 Å². The van der Waals surface area contributed by atoms with Crippen molar-refractivity contribution < 1.29 is 9.53 Å². The summed E-state index contributed by atoms with van der Waals surface area (Å²) in [7, 11) is 1.39. The maximum atomic E-state index is 11.6. The number of hydrogen-bond acceptors (Lipinski definition) is 2. The van der Waals surface area contributed by atoms with E-state index in [2.05, 4.69) is 0 Å². The van der Waals surface area contributed by atoms with Gasteiger partial charge in [-0.25, -0.2) is 9.36 Å². The van der Waals surface area contributed by atoms with Gasteiger partial charge in [-0.1, -0.05) is 18.2 Å². The molecule has 0 saturated heterocycles. The number of carbonyl (C=O) groups is 1. The number of nitrogens with zero attached hydrogens (tertiary/aromatic N) is 1. The van der Waals surface area contributed by atoms with Crippen LogP contribution in [0.3, 0.4) is 0 Å². The van der Waals surface area contributed by atoms with Crippen molar-refractivity contribution >= 4 is 17.0 Å². The second kappa shape index (κ2) is 3.42. The zero-order valence-electron chi connectivity index (χ0n) is 9.07. The monoisotopic (exact) mass is 203 g/mol. The van der Waals surface area contributed by atoms with Gasteiger partial charge in [-0.2, -0.15) is 0 Å². The van der Waals surface area contributed by atoms with E-state index in [-0.39, 0.29) is 6.09 Å². The molecule has 0 fully saturated rings. The third kappa shape index (κ3) is 1.31. The van der Waals surface area contributed by atoms with Crippen molar-refractivity contribution in [3.63, 3.8) is 0 Å². The van der Waals surface area contributed by atoms with Gasteiger partial charge < -0.3 is 4.74 Å². The van der Waals surface area contributed by atoms with Crippen molar-refractivity contribution in [1.82, 2.24) is 4.57 Å². The molecule has 0 radical (unpaired) electrons. The van der Waals surface area contributed by atoms with Crippen molar-refractivity contribution in [2.75, 3.05) is 7.11 Å². The maximum Gasteiger partial charge on any atom is 0.418 e. The number of aromatic nitrogens is 1. The fourth-order valence-corrected chi connectivity index (χ4v) is 1.86. The predicted octanol–water partition coefficient (Wildman–Crippen LogP) is 2.87. The van der Waals surface area contributed by atoms with Gasteiger partial charge in [0.15, 0.2) is 0 Å². The van der Waals surface area contributed by atoms with Crippen LogP contribution in [-0.4, -0.2) is 17.8 Å². The highest BCUT2D eigenvalue weighted by Crippen LogP contribution is 2.24. The lowest BCUT2D eigenvalue weighted by molar-refractivity contribution is 0.173. The molecule has 78 valence electrons. The van der Waals surface area contributed by atoms with Crippen LogP contribution in [0.1, 0.15) is 11.3 Å². The normalized spacial score (nSPS) is 10.6. The Balaban J connectivity index is 2.83. The number of benzene rings is 1. The maximum absolute atomic E-state index is 11.6. The molecule has 0 unspecified atom stereocenters. The van der Waals surface area contributed by atoms with Crippen molar-refractivity contribution in [1.29, 1.82) is 0 Å². The second-order valence-electron chi connectivity index (χ2n) is 3.53. The Kier molecular flexibility index (Phi) is 2.23. The number of ether oxygens (including phenoxy) is 1. The molecule has 3 heteroatoms. The lowest BCUT2D eigenvalue weighted by Crippen LogP contribution is -2.12. The third-order valence-corrected chi connectivity index (χ3v) is 2.78. The summed E-state index contributed by atoms with van der Waals surface area (Å²) in [5.41, 5.74) is 2.96. The number of carbonyl (C=O) groups excluding carboxylic acids is 1. The van der Waals surface area contributed by atoms with E-state index in [1.165, 1.54) is 7.11 Å². The van der Waals surface area contributed by atoms with Crippen LogP contribution in [0, 0.1) is 13.8 Å². The number of methoxy groups -OCH3 is 1. The quantitative estimate of drug-likeness (QED) is 0.659. The van der Waals surface area contributed by atoms with Gasteiger partial charge in [0.25, 0.3) is 0 Å². The highest BCUT2D eigenvalue weighted by Gasteiger charge is 2.15. The Morgan fingerprint density at radius 1 is 1.27 bits per heavy atom. The average molecular weight is 203 g/mol. The van der Waals surface area contributed by atoms with E-state index in [1.54, 1.807) is 4.57 Å². The smallest absolute Gasteiger partial charge is 0.418 e. The second-order valence-corrected chi connectivity index (χ2v) is 3.53. The van der Waals surface area contributed by atoms with Gasteiger partial charge in [0.1, 0.15) is 0 Å². The zero-order chi connectivity index (χ0) is 11.0. The lowest BCUT2D eigenvalue weighted by atomic mass is 10.2. The molecule has 0 aliphatic heterocycles. The van der Waals surface area contributed by atoms with Crippen LogP contribution in [0.5, 0.6) is 0 Å². The van der Waals surface area contributed by atoms with Crippen molar-refractivity contribution in [3.8, 4) is 0 Å². The summed E-state index contributed by atoms with van der Waals surface area (Å²) in [6.07, 6.45) is -0.336. The molecule has 1 heterocycles. The third-order valence-electron chi connectivity index (χ3n) is 2.78. The highest BCUT2D eigenvalue weighted by atomic mass is 16.5. The summed E-state index contributed by atoms with van der Waals surface area (Å²) in [6, 6.07) is 7.82. The standard InChI is InChI=1S/C12H13NO2/c1-8-9(2)13(12(14)15-3)11-7-5-4-6-10(8)11/h4-7H,1-3H3. The van der Waals surface area contributed by atoms with Crippen LogP contribution in [0.25, 0.3) is 10.9 Å². The summed E-state index contributed by atoms with van der Waals surface area (Å²) >= 11 is 0. The fraction of sp³-hybridized carbons (Fsp3) is 0.250. The first-order chi connectivity index (χ1) is 7.16. The summed E-state index contributed by atoms with van der Waals surface area (Å²) in [4.78, 5) is 11.6. The summed E-state index contributed by atoms with van der Waals surface area (Å²) in [5.74, 6) is 0. The van der Waals surface area contributed by atoms with E-state index in [1.807, 2.05) is 38.1 Å². The molecular weight excluding hydrogens is 190 g/mol. The average Bonchev–Trinajstić information content (AvgIpc) is 2.52. The SMILES string of the molecule is COC(=O)n1c(C)c(C)c2ccccc21. The van der Waals surface area contributed by atoms with E-state index in [0.717, 1.165) is 22.2 Å². The van der Waals surface area contributed by atoms with Crippen LogP contribution >= 0.6 is 0 Å². The number of hydrogen-bond donors (Lipinski definition) is 0. The van der Waals surface area contributed by atoms with E-state index in [9.17, 15) is 4.79 Å². The van der Waals surface area contributed by atoms with Crippen molar-refractivity contribution in [2.45, 2.75) is 13.8 Å². The van der Waals surface area contributed by atoms with Crippen LogP contribution in [-0.2, 0) is 4.74 Å². The first kappa shape index (κ1) is 9.77. The topological polar surface area (TPSA) is 31.2 Å². The first-order valence-electron chi connectivity index (χ1n) is 4.81. The van der Waals surface area contributed by atoms with Crippen LogP contribution in [0.2, 0.25) is 0 Å². The molecule has 3 nitrogen and oxygen atoms in total. The van der Waals surface area contributed by atoms with E-state index in [4.69, 9.17) is 4.74 Å². The number of fused-ring (bicyclic) bond motifs is 1. The molecule has 2 aromatic rings. The lowest BCUT2D eigenvalue weighted by Gasteiger charge is -2.04. The highest BCUT2D eigenvalue weighted by molar-refractivity contribution is 5.93. The Hall–Kier alpha value is -1.77. The number of aryl methyl sites for hydroxylation is 1. The summed E-state index contributed by atoms with van der Waals surface area (Å²) < 4.78 is 6.36. The van der Waals surface area contributed by atoms with Crippen LogP contribution in [0.4, 0.5) is 4.79 Å². The largest absolute Gasteiger partial charge is 0.452 e. The first-order valence-corrected chi connectivity index (χ1v) is 4.81. The minimum absolute atomic E-state index is 0.336. The number of rotatable bonds is 0. The van der Waals surface area contributed by atoms with Gasteiger partial charge in [-0.3, -0.25) is 0 Å². The molecule has 0 spiro atoms. The Labute approximate surface area is 88.3 Å². The molecule has 0 N–H and O–H groups in total. The summed E-state index contributed by atoms with van der Waals surface area (Å²) in [6.45, 7) is 3.93. The van der Waals surface area contributed by atoms with Crippen LogP contribution < -0.4 is 0 Å². The molecule has 1 aromatic carbocycles. The Bertz CT molecular complexity index is 526. The zero-order valence-corrected chi connectivity index (χ0v) is 9.07. The molecule has 1 aromatic heterocycles. The molecular formula is C12H13NO2. The number of para-hydroxylation sites is 1. The molecule has 0 amide bonds. The van der Waals surface area contributed by atoms with Gasteiger partial charge in [0.05, 0.1) is 12.6 Å². The molecule has 0 bridgehead atoms. The summed E-state index contributed by atoms with van der Waals surface area (Å²) in [5, 5.41) is 1.10. The van der Waals surface area contributed by atoms with E-state index >= 15 is 0 Å². The van der Waals surface area contributed by atoms with Gasteiger partial charge in [-0.05, 0) is 25.5 Å². The minimum atomic E-state index is -0.336. The van der Waals surface area contributed by atoms with Gasteiger partial charge in [0, 0.05) is 11.1 Å². The van der Waals surface area contributed by atoms with Crippen molar-refractivity contribution in [2.24, 2.45) is 0 Å². The molecule has 15 heavy (non-hydrogen) atoms. The van der Waals surface area contributed by atoms with E-state index < -0.39 is 0 Å². The predicted molar refractivity (Wildman–Crippen MR) is 59.2 cm³/mol. The van der Waals surface area contributed by atoms with Gasteiger partial charge in [0.2, 0.25) is 0 Å². The molecule has 0 aliphatic rings. The Morgan fingerprint density at radius 2 is 1.93 bits per heavy atom. The molecule has 0 saturated carbocycles. The molecule has 0 aliphatic carbocycles. The molecule has 0 atom stereocenters. The molecule has 2 rings (SSSR count). The van der Waals surface area contributed by atoms with Crippen molar-refractivity contribution in [3.05, 3.63) is 35.5 Å².